The summed E-state index contributed by atoms with van der Waals surface area (Å²) in [6.45, 7) is 4.66. The van der Waals surface area contributed by atoms with Gasteiger partial charge in [0.25, 0.3) is 5.09 Å². The molecule has 1 amide bonds. The Kier molecular flexibility index (Phi) is 8.51. The summed E-state index contributed by atoms with van der Waals surface area (Å²) in [7, 11) is 0. The number of H-pyrrole nitrogens is 1. The van der Waals surface area contributed by atoms with Gasteiger partial charge in [-0.15, -0.1) is 10.1 Å². The zero-order valence-electron chi connectivity index (χ0n) is 19.2. The molecule has 182 valence electrons. The van der Waals surface area contributed by atoms with Crippen LogP contribution in [0.1, 0.15) is 46.0 Å². The molecule has 0 spiro atoms. The average Bonchev–Trinajstić information content (AvgIpc) is 3.26. The first-order chi connectivity index (χ1) is 15.7. The molecule has 0 aliphatic heterocycles. The van der Waals surface area contributed by atoms with Gasteiger partial charge in [-0.05, 0) is 50.8 Å². The van der Waals surface area contributed by atoms with Crippen molar-refractivity contribution in [3.05, 3.63) is 40.6 Å². The van der Waals surface area contributed by atoms with E-state index < -0.39 is 22.8 Å². The largest absolute Gasteiger partial charge is 0.490 e. The minimum Gasteiger partial charge on any atom is -0.490 e. The van der Waals surface area contributed by atoms with Gasteiger partial charge in [-0.1, -0.05) is 18.9 Å². The van der Waals surface area contributed by atoms with Gasteiger partial charge in [-0.3, -0.25) is 4.79 Å². The number of rotatable bonds is 12. The molecule has 4 N–H and O–H groups in total. The Labute approximate surface area is 193 Å². The normalized spacial score (nSPS) is 19.7. The number of carbonyl (C=O) groups excluding carboxylic acids is 1. The minimum atomic E-state index is -0.762. The van der Waals surface area contributed by atoms with Gasteiger partial charge in [0, 0.05) is 42.1 Å². The smallest absolute Gasteiger partial charge is 0.294 e. The Bertz CT molecular complexity index is 931. The number of nitrogens with one attached hydrogen (secondary N) is 3. The summed E-state index contributed by atoms with van der Waals surface area (Å²) in [6.07, 6.45) is 3.97. The highest BCUT2D eigenvalue weighted by Crippen LogP contribution is 2.29. The molecule has 10 heteroatoms. The lowest BCUT2D eigenvalue weighted by Crippen LogP contribution is -2.52. The summed E-state index contributed by atoms with van der Waals surface area (Å²) < 4.78 is 5.79. The quantitative estimate of drug-likeness (QED) is 0.281. The molecule has 1 aliphatic rings. The number of nitrogens with zero attached hydrogens (tertiary/aromatic N) is 1. The van der Waals surface area contributed by atoms with Crippen molar-refractivity contribution >= 4 is 16.8 Å². The van der Waals surface area contributed by atoms with Crippen LogP contribution in [0.25, 0.3) is 10.9 Å². The third-order valence-corrected chi connectivity index (χ3v) is 6.04. The van der Waals surface area contributed by atoms with E-state index in [2.05, 4.69) is 15.6 Å². The second kappa shape index (κ2) is 11.3. The summed E-state index contributed by atoms with van der Waals surface area (Å²) in [5.74, 6) is 0.405. The highest BCUT2D eigenvalue weighted by atomic mass is 17.0. The maximum atomic E-state index is 12.4. The van der Waals surface area contributed by atoms with Gasteiger partial charge in [-0.25, -0.2) is 0 Å². The molecule has 1 aromatic heterocycles. The highest BCUT2D eigenvalue weighted by molar-refractivity contribution is 5.85. The van der Waals surface area contributed by atoms with Gasteiger partial charge in [0.1, 0.15) is 24.6 Å². The van der Waals surface area contributed by atoms with Crippen LogP contribution in [0, 0.1) is 16.0 Å². The van der Waals surface area contributed by atoms with Crippen LogP contribution in [0.4, 0.5) is 0 Å². The molecule has 0 saturated heterocycles. The van der Waals surface area contributed by atoms with Crippen LogP contribution in [-0.2, 0) is 9.63 Å². The molecule has 3 rings (SSSR count). The molecule has 1 saturated carbocycles. The van der Waals surface area contributed by atoms with Gasteiger partial charge in [-0.2, -0.15) is 0 Å². The maximum Gasteiger partial charge on any atom is 0.294 e. The number of β-amino-alcohol motifs (C(OH)–C–C–N with tert-alkyl or cyclic N) is 1. The number of carbonyl (C=O) groups is 1. The van der Waals surface area contributed by atoms with Gasteiger partial charge in [0.2, 0.25) is 5.91 Å². The molecule has 2 aromatic rings. The predicted molar refractivity (Wildman–Crippen MR) is 123 cm³/mol. The number of aromatic nitrogens is 1. The van der Waals surface area contributed by atoms with Crippen LogP contribution in [0.2, 0.25) is 0 Å². The van der Waals surface area contributed by atoms with Gasteiger partial charge >= 0.3 is 0 Å². The SMILES string of the molecule is CC(C)(CNC(=O)CC1CCCCC1O[N+](=O)[O-])NCC(O)COc1cccc2[nH]ccc12. The van der Waals surface area contributed by atoms with Crippen molar-refractivity contribution in [1.82, 2.24) is 15.6 Å². The Morgan fingerprint density at radius 1 is 1.33 bits per heavy atom. The zero-order chi connectivity index (χ0) is 23.8. The number of aliphatic hydroxyl groups is 1. The number of aromatic amines is 1. The van der Waals surface area contributed by atoms with E-state index in [1.165, 1.54) is 0 Å². The molecule has 0 radical (unpaired) electrons. The average molecular weight is 463 g/mol. The Morgan fingerprint density at radius 2 is 2.12 bits per heavy atom. The first-order valence-electron chi connectivity index (χ1n) is 11.4. The highest BCUT2D eigenvalue weighted by Gasteiger charge is 2.30. The van der Waals surface area contributed by atoms with Gasteiger partial charge in [0.05, 0.1) is 0 Å². The molecular formula is C23H34N4O6. The molecule has 3 unspecified atom stereocenters. The molecule has 3 atom stereocenters. The van der Waals surface area contributed by atoms with E-state index in [0.29, 0.717) is 25.3 Å². The monoisotopic (exact) mass is 462 g/mol. The Morgan fingerprint density at radius 3 is 2.91 bits per heavy atom. The molecule has 1 aromatic carbocycles. The lowest BCUT2D eigenvalue weighted by molar-refractivity contribution is -0.771. The Hall–Kier alpha value is -2.85. The molecule has 10 nitrogen and oxygen atoms in total. The van der Waals surface area contributed by atoms with Crippen molar-refractivity contribution in [2.45, 2.75) is 63.7 Å². The number of fused-ring (bicyclic) bond motifs is 1. The third-order valence-electron chi connectivity index (χ3n) is 6.04. The lowest BCUT2D eigenvalue weighted by atomic mass is 9.84. The van der Waals surface area contributed by atoms with E-state index in [1.807, 2.05) is 44.3 Å². The molecule has 1 aliphatic carbocycles. The number of hydrogen-bond donors (Lipinski definition) is 4. The lowest BCUT2D eigenvalue weighted by Gasteiger charge is -2.31. The molecule has 1 fully saturated rings. The van der Waals surface area contributed by atoms with E-state index in [-0.39, 0.29) is 24.9 Å². The van der Waals surface area contributed by atoms with Gasteiger partial charge < -0.3 is 30.3 Å². The number of ether oxygens (including phenoxy) is 1. The number of hydrogen-bond acceptors (Lipinski definition) is 7. The summed E-state index contributed by atoms with van der Waals surface area (Å²) >= 11 is 0. The van der Waals surface area contributed by atoms with Crippen LogP contribution in [0.5, 0.6) is 5.75 Å². The van der Waals surface area contributed by atoms with E-state index in [4.69, 9.17) is 9.57 Å². The summed E-state index contributed by atoms with van der Waals surface area (Å²) in [6, 6.07) is 7.65. The zero-order valence-corrected chi connectivity index (χ0v) is 19.2. The van der Waals surface area contributed by atoms with Crippen LogP contribution in [0.3, 0.4) is 0 Å². The van der Waals surface area contributed by atoms with Crippen LogP contribution >= 0.6 is 0 Å². The van der Waals surface area contributed by atoms with Crippen molar-refractivity contribution in [3.63, 3.8) is 0 Å². The summed E-state index contributed by atoms with van der Waals surface area (Å²) in [5.41, 5.74) is 0.516. The Balaban J connectivity index is 1.38. The van der Waals surface area contributed by atoms with Gasteiger partial charge in [0.15, 0.2) is 0 Å². The molecule has 33 heavy (non-hydrogen) atoms. The second-order valence-corrected chi connectivity index (χ2v) is 9.32. The van der Waals surface area contributed by atoms with E-state index in [9.17, 15) is 20.0 Å². The predicted octanol–water partition coefficient (Wildman–Crippen LogP) is 2.55. The minimum absolute atomic E-state index is 0.138. The maximum absolute atomic E-state index is 12.4. The van der Waals surface area contributed by atoms with Crippen molar-refractivity contribution in [2.75, 3.05) is 19.7 Å². The van der Waals surface area contributed by atoms with Crippen LogP contribution < -0.4 is 15.4 Å². The topological polar surface area (TPSA) is 139 Å². The first-order valence-corrected chi connectivity index (χ1v) is 11.4. The summed E-state index contributed by atoms with van der Waals surface area (Å²) in [5, 5.41) is 27.4. The van der Waals surface area contributed by atoms with Crippen molar-refractivity contribution in [2.24, 2.45) is 5.92 Å². The number of benzene rings is 1. The van der Waals surface area contributed by atoms with Crippen LogP contribution in [0.15, 0.2) is 30.5 Å². The van der Waals surface area contributed by atoms with Crippen molar-refractivity contribution < 1.29 is 24.6 Å². The van der Waals surface area contributed by atoms with Crippen molar-refractivity contribution in [3.8, 4) is 5.75 Å². The van der Waals surface area contributed by atoms with Crippen LogP contribution in [-0.4, -0.2) is 58.5 Å². The number of amides is 1. The molecular weight excluding hydrogens is 428 g/mol. The third kappa shape index (κ3) is 7.61. The second-order valence-electron chi connectivity index (χ2n) is 9.32. The fourth-order valence-electron chi connectivity index (χ4n) is 4.17. The van der Waals surface area contributed by atoms with E-state index in [0.717, 1.165) is 30.2 Å². The van der Waals surface area contributed by atoms with Crippen molar-refractivity contribution in [1.29, 1.82) is 0 Å². The number of aliphatic hydroxyl groups excluding tert-OH is 1. The molecule has 1 heterocycles. The fraction of sp³-hybridized carbons (Fsp3) is 0.609. The van der Waals surface area contributed by atoms with E-state index in [1.54, 1.807) is 0 Å². The fourth-order valence-corrected chi connectivity index (χ4v) is 4.17. The molecule has 0 bridgehead atoms. The standard InChI is InChI=1S/C23H34N4O6/c1-23(2,15-25-22(29)12-16-6-3-4-8-20(16)33-27(30)31)26-13-17(28)14-32-21-9-5-7-19-18(21)10-11-24-19/h5,7,9-11,16-17,20,24,26,28H,3-4,6,8,12-15H2,1-2H3,(H,25,29). The first kappa shape index (κ1) is 24.8. The summed E-state index contributed by atoms with van der Waals surface area (Å²) in [4.78, 5) is 31.0. The van der Waals surface area contributed by atoms with E-state index >= 15 is 0 Å².